The van der Waals surface area contributed by atoms with E-state index in [1.807, 2.05) is 12.1 Å². The Morgan fingerprint density at radius 2 is 1.72 bits per heavy atom. The summed E-state index contributed by atoms with van der Waals surface area (Å²) in [6, 6.07) is 10.1. The summed E-state index contributed by atoms with van der Waals surface area (Å²) in [6.07, 6.45) is 0.420. The molecule has 7 nitrogen and oxygen atoms in total. The second-order valence-corrected chi connectivity index (χ2v) is 6.92. The zero-order chi connectivity index (χ0) is 21.1. The van der Waals surface area contributed by atoms with E-state index in [0.29, 0.717) is 40.0 Å². The second kappa shape index (κ2) is 8.53. The van der Waals surface area contributed by atoms with Crippen LogP contribution in [0.15, 0.2) is 41.5 Å². The number of rotatable bonds is 5. The van der Waals surface area contributed by atoms with E-state index in [9.17, 15) is 9.59 Å². The van der Waals surface area contributed by atoms with Gasteiger partial charge in [0.05, 0.1) is 26.0 Å². The molecule has 152 valence electrons. The van der Waals surface area contributed by atoms with E-state index in [-0.39, 0.29) is 11.9 Å². The summed E-state index contributed by atoms with van der Waals surface area (Å²) in [6.45, 7) is 2.77. The van der Waals surface area contributed by atoms with Crippen LogP contribution in [0.4, 0.5) is 0 Å². The minimum Gasteiger partial charge on any atom is -0.493 e. The van der Waals surface area contributed by atoms with Crippen molar-refractivity contribution < 1.29 is 23.8 Å². The highest BCUT2D eigenvalue weighted by atomic mass is 35.5. The smallest absolute Gasteiger partial charge is 0.308 e. The average Bonchev–Trinajstić information content (AvgIpc) is 3.14. The van der Waals surface area contributed by atoms with Gasteiger partial charge in [0.2, 0.25) is 5.91 Å². The fraction of sp³-hybridized carbons (Fsp3) is 0.286. The van der Waals surface area contributed by atoms with Gasteiger partial charge in [-0.25, -0.2) is 5.01 Å². The molecule has 0 unspecified atom stereocenters. The topological polar surface area (TPSA) is 77.4 Å². The lowest BCUT2D eigenvalue weighted by Gasteiger charge is -2.21. The van der Waals surface area contributed by atoms with Crippen molar-refractivity contribution in [3.05, 3.63) is 52.5 Å². The zero-order valence-electron chi connectivity index (χ0n) is 16.6. The van der Waals surface area contributed by atoms with E-state index in [2.05, 4.69) is 5.10 Å². The van der Waals surface area contributed by atoms with Gasteiger partial charge in [-0.3, -0.25) is 9.59 Å². The largest absolute Gasteiger partial charge is 0.493 e. The molecule has 0 spiro atoms. The molecule has 0 fully saturated rings. The van der Waals surface area contributed by atoms with Gasteiger partial charge in [0.15, 0.2) is 11.5 Å². The maximum absolute atomic E-state index is 12.3. The van der Waals surface area contributed by atoms with Gasteiger partial charge in [-0.2, -0.15) is 5.10 Å². The van der Waals surface area contributed by atoms with E-state index in [1.54, 1.807) is 38.5 Å². The maximum Gasteiger partial charge on any atom is 0.308 e. The highest BCUT2D eigenvalue weighted by Crippen LogP contribution is 2.39. The molecule has 0 radical (unpaired) electrons. The molecule has 8 heteroatoms. The Bertz CT molecular complexity index is 989. The van der Waals surface area contributed by atoms with Crippen LogP contribution < -0.4 is 14.2 Å². The van der Waals surface area contributed by atoms with Crippen LogP contribution in [0.3, 0.4) is 0 Å². The Hall–Kier alpha value is -3.06. The van der Waals surface area contributed by atoms with Crippen molar-refractivity contribution in [3.8, 4) is 17.2 Å². The van der Waals surface area contributed by atoms with E-state index in [1.165, 1.54) is 18.9 Å². The van der Waals surface area contributed by atoms with Gasteiger partial charge in [0.25, 0.3) is 0 Å². The van der Waals surface area contributed by atoms with Crippen molar-refractivity contribution in [2.45, 2.75) is 26.3 Å². The highest BCUT2D eigenvalue weighted by molar-refractivity contribution is 6.31. The Labute approximate surface area is 173 Å². The Balaban J connectivity index is 2.01. The first-order valence-corrected chi connectivity index (χ1v) is 9.29. The van der Waals surface area contributed by atoms with Gasteiger partial charge >= 0.3 is 5.97 Å². The van der Waals surface area contributed by atoms with Crippen LogP contribution in [0.1, 0.15) is 37.4 Å². The molecule has 0 saturated carbocycles. The van der Waals surface area contributed by atoms with E-state index >= 15 is 0 Å². The summed E-state index contributed by atoms with van der Waals surface area (Å²) < 4.78 is 16.0. The van der Waals surface area contributed by atoms with Gasteiger partial charge in [-0.15, -0.1) is 0 Å². The number of carbonyl (C=O) groups is 2. The van der Waals surface area contributed by atoms with E-state index in [4.69, 9.17) is 25.8 Å². The van der Waals surface area contributed by atoms with Crippen molar-refractivity contribution in [1.82, 2.24) is 5.01 Å². The molecule has 0 bridgehead atoms. The Kier molecular flexibility index (Phi) is 6.08. The number of ether oxygens (including phenoxy) is 3. The molecule has 0 aromatic heterocycles. The summed E-state index contributed by atoms with van der Waals surface area (Å²) in [5.41, 5.74) is 2.01. The van der Waals surface area contributed by atoms with E-state index in [0.717, 1.165) is 5.56 Å². The first kappa shape index (κ1) is 20.7. The molecule has 1 atom stereocenters. The number of halogens is 1. The molecule has 1 aliphatic rings. The van der Waals surface area contributed by atoms with Crippen molar-refractivity contribution in [1.29, 1.82) is 0 Å². The first-order chi connectivity index (χ1) is 13.8. The summed E-state index contributed by atoms with van der Waals surface area (Å²) in [5.74, 6) is 0.835. The lowest BCUT2D eigenvalue weighted by molar-refractivity contribution is -0.132. The number of amides is 1. The number of hydrazone groups is 1. The first-order valence-electron chi connectivity index (χ1n) is 8.91. The van der Waals surface area contributed by atoms with Crippen LogP contribution in [0, 0.1) is 0 Å². The molecule has 0 saturated heterocycles. The van der Waals surface area contributed by atoms with Gasteiger partial charge < -0.3 is 14.2 Å². The molecule has 2 aromatic carbocycles. The minimum absolute atomic E-state index is 0.212. The van der Waals surface area contributed by atoms with Crippen molar-refractivity contribution in [3.63, 3.8) is 0 Å². The van der Waals surface area contributed by atoms with Crippen LogP contribution in [-0.4, -0.2) is 36.8 Å². The lowest BCUT2D eigenvalue weighted by atomic mass is 9.97. The van der Waals surface area contributed by atoms with Gasteiger partial charge in [0.1, 0.15) is 5.75 Å². The summed E-state index contributed by atoms with van der Waals surface area (Å²) >= 11 is 6.15. The third kappa shape index (κ3) is 4.35. The number of methoxy groups -OCH3 is 2. The molecule has 0 aliphatic carbocycles. The van der Waals surface area contributed by atoms with Gasteiger partial charge in [-0.05, 0) is 35.9 Å². The molecule has 29 heavy (non-hydrogen) atoms. The molecular weight excluding hydrogens is 396 g/mol. The summed E-state index contributed by atoms with van der Waals surface area (Å²) in [5, 5.41) is 6.39. The van der Waals surface area contributed by atoms with Gasteiger partial charge in [-0.1, -0.05) is 17.7 Å². The van der Waals surface area contributed by atoms with Gasteiger partial charge in [0, 0.05) is 30.9 Å². The van der Waals surface area contributed by atoms with Crippen LogP contribution in [0.2, 0.25) is 5.02 Å². The number of hydrogen-bond donors (Lipinski definition) is 0. The van der Waals surface area contributed by atoms with Crippen LogP contribution >= 0.6 is 11.6 Å². The van der Waals surface area contributed by atoms with Crippen molar-refractivity contribution in [2.75, 3.05) is 14.2 Å². The SMILES string of the molecule is COc1ccc([C@@H]2CC(c3cc(Cl)ccc3OC(C)=O)=NN2C(C)=O)cc1OC. The fourth-order valence-electron chi connectivity index (χ4n) is 3.25. The number of nitrogens with zero attached hydrogens (tertiary/aromatic N) is 2. The molecule has 1 aliphatic heterocycles. The standard InChI is InChI=1S/C21H21ClN2O5/c1-12(25)24-18(14-5-7-20(27-3)21(9-14)28-4)11-17(23-24)16-10-15(22)6-8-19(16)29-13(2)26/h5-10,18H,11H2,1-4H3/t18-/m0/s1. The summed E-state index contributed by atoms with van der Waals surface area (Å²) in [4.78, 5) is 23.7. The molecule has 1 heterocycles. The molecule has 0 N–H and O–H groups in total. The van der Waals surface area contributed by atoms with Crippen molar-refractivity contribution in [2.24, 2.45) is 5.10 Å². The van der Waals surface area contributed by atoms with Crippen LogP contribution in [-0.2, 0) is 9.59 Å². The maximum atomic E-state index is 12.3. The predicted molar refractivity (Wildman–Crippen MR) is 109 cm³/mol. The molecular formula is C21H21ClN2O5. The van der Waals surface area contributed by atoms with E-state index < -0.39 is 5.97 Å². The number of benzene rings is 2. The lowest BCUT2D eigenvalue weighted by Crippen LogP contribution is -2.24. The fourth-order valence-corrected chi connectivity index (χ4v) is 3.43. The zero-order valence-corrected chi connectivity index (χ0v) is 17.3. The molecule has 3 rings (SSSR count). The summed E-state index contributed by atoms with van der Waals surface area (Å²) in [7, 11) is 3.12. The molecule has 2 aromatic rings. The minimum atomic E-state index is -0.452. The number of esters is 1. The monoisotopic (exact) mass is 416 g/mol. The normalized spacial score (nSPS) is 15.7. The van der Waals surface area contributed by atoms with Crippen LogP contribution in [0.25, 0.3) is 0 Å². The second-order valence-electron chi connectivity index (χ2n) is 6.48. The molecule has 1 amide bonds. The average molecular weight is 417 g/mol. The number of carbonyl (C=O) groups excluding carboxylic acids is 2. The third-order valence-electron chi connectivity index (χ3n) is 4.53. The predicted octanol–water partition coefficient (Wildman–Crippen LogP) is 3.98. The third-order valence-corrected chi connectivity index (χ3v) is 4.77. The number of hydrogen-bond acceptors (Lipinski definition) is 6. The Morgan fingerprint density at radius 3 is 2.34 bits per heavy atom. The quantitative estimate of drug-likeness (QED) is 0.544. The Morgan fingerprint density at radius 1 is 1.03 bits per heavy atom. The van der Waals surface area contributed by atoms with Crippen LogP contribution in [0.5, 0.6) is 17.2 Å². The highest BCUT2D eigenvalue weighted by Gasteiger charge is 2.33. The van der Waals surface area contributed by atoms with Crippen molar-refractivity contribution >= 4 is 29.2 Å².